The minimum Gasteiger partial charge on any atom is -0.309 e. The van der Waals surface area contributed by atoms with Crippen LogP contribution in [0.3, 0.4) is 0 Å². The quantitative estimate of drug-likeness (QED) is 0.0270. The average molecular weight is 2240 g/mol. The van der Waals surface area contributed by atoms with Crippen molar-refractivity contribution in [3.05, 3.63) is 520 Å². The number of aldehydes is 1. The molecule has 2 aliphatic rings. The molecule has 19 aromatic rings. The molecule has 15 aromatic carbocycles. The van der Waals surface area contributed by atoms with Gasteiger partial charge in [0, 0.05) is 92.6 Å². The van der Waals surface area contributed by atoms with Crippen molar-refractivity contribution in [2.45, 2.75) is 66.0 Å². The molecule has 2 aliphatic carbocycles. The zero-order chi connectivity index (χ0) is 94.3. The predicted octanol–water partition coefficient (Wildman–Crippen LogP) is 29.8. The van der Waals surface area contributed by atoms with E-state index in [-0.39, 0.29) is 46.5 Å². The molecule has 0 aliphatic heterocycles. The van der Waals surface area contributed by atoms with Crippen molar-refractivity contribution in [3.8, 4) is 84.1 Å². The average Bonchev–Trinajstić information content (AvgIpc) is 1.60. The second-order valence-electron chi connectivity index (χ2n) is 32.1. The maximum absolute atomic E-state index is 11.8. The molecule has 138 heavy (non-hydrogen) atoms. The van der Waals surface area contributed by atoms with E-state index >= 15 is 0 Å². The van der Waals surface area contributed by atoms with Crippen molar-refractivity contribution in [2.75, 3.05) is 0 Å². The van der Waals surface area contributed by atoms with Crippen LogP contribution in [0, 0.1) is 5.92 Å². The molecule has 1 saturated carbocycles. The van der Waals surface area contributed by atoms with Gasteiger partial charge in [-0.15, -0.1) is 0 Å². The summed E-state index contributed by atoms with van der Waals surface area (Å²) in [5, 5.41) is 2.55. The molecule has 0 spiro atoms. The molecule has 0 amide bonds. The summed E-state index contributed by atoms with van der Waals surface area (Å²) in [4.78, 5) is 54.3. The Balaban J connectivity index is 0.000000171. The first-order valence-electron chi connectivity index (χ1n) is 44.6. The molecule has 9 nitrogen and oxygen atoms in total. The van der Waals surface area contributed by atoms with Crippen LogP contribution in [-0.4, -0.2) is 44.2 Å². The molecule has 0 saturated heterocycles. The van der Waals surface area contributed by atoms with E-state index in [2.05, 4.69) is 315 Å². The Bertz CT molecular complexity index is 6790. The van der Waals surface area contributed by atoms with Gasteiger partial charge in [0.1, 0.15) is 6.29 Å². The number of carbonyl (C=O) groups is 4. The van der Waals surface area contributed by atoms with Crippen LogP contribution in [0.5, 0.6) is 0 Å². The van der Waals surface area contributed by atoms with E-state index in [1.807, 2.05) is 217 Å². The van der Waals surface area contributed by atoms with Crippen molar-refractivity contribution >= 4 is 120 Å². The number of hydrogen-bond acceptors (Lipinski definition) is 7. The Labute approximate surface area is 865 Å². The van der Waals surface area contributed by atoms with E-state index < -0.39 is 0 Å². The number of Topliss-reactive ketones (excluding diaryl/α,β-unsaturated/α-hetero) is 2. The van der Waals surface area contributed by atoms with Crippen LogP contribution in [0.1, 0.15) is 105 Å². The Morgan fingerprint density at radius 2 is 0.732 bits per heavy atom. The standard InChI is InChI=1S/C35H24N2.C23H16BrN.C15H11BrO.C13H12NO.C13H10.C8H8O.C7H5BrO.C7H15N.CH4.BrH.Cu.FH.HI/c1-3-11-26(12-4-1)32-23-28(24-33(36-32)27-13-5-2-6-14-27)25-19-21-29(22-20-25)37-34-17-9-7-15-30(34)31-16-8-10-18-35(31)37;24-21-13-11-17(12-14-21)20-15-22(18-7-3-1-4-8-18)25-23(16-20)19-9-5-2-6-10-19;16-14-9-6-12(7-10-14)8-11-15(17)13-4-2-1-3-5-13;15-13(12-7-3-1-4-8-12)11-14-9-5-2-6-10-14;1-3-7-12-10(5-1)9-11-6-2-4-8-13(11)12;1-7(9)8-5-3-2-4-6-8;8-7-3-1-6(5-9)2-4-7;1-6-4-2-3-5-7(6)8;;;;;/h1-24H;1-16H;1-11H;1-10H,11H2;1-8H,9H2;2-6H,1H3;1-5H;6-7H,2-5,8H2,1H3;1H4;1H;;2*1H/q;;;+1;;;;;;;+1;;/p-2/b;;11-8+;;;;;;;;;;/t;;;;;;;6-,7-;;;;;/m.......1...../s1. The van der Waals surface area contributed by atoms with Gasteiger partial charge in [0.05, 0.1) is 33.8 Å². The SMILES string of the molecule is Brc1ccc(-c2cc(-c3ccccc3)nc(-c3ccccc3)c2)cc1.C.CC(=O)c1ccccc1.C[C@@H]1CCCC[C@H]1N.F.O=C(/C=C/c1ccc(Br)cc1)c1ccccc1.O=C(C[n+]1ccccc1)c1ccccc1.O=Cc1ccc(Br)cc1.[Br-].[Cu][I].c1ccc(-c2cc(-c3ccc(-n4c5ccccc5c5ccccc54)cc3)cc(-c3ccccc3)n2)cc1.c1ccc2c(c1)Cc1ccccc1-2. The van der Waals surface area contributed by atoms with Crippen molar-refractivity contribution in [1.29, 1.82) is 0 Å². The number of fused-ring (bicyclic) bond motifs is 6. The summed E-state index contributed by atoms with van der Waals surface area (Å²) in [6, 6.07) is 151. The molecule has 696 valence electrons. The van der Waals surface area contributed by atoms with Gasteiger partial charge in [-0.05, 0) is 173 Å². The third-order valence-corrected chi connectivity index (χ3v) is 24.4. The predicted molar refractivity (Wildman–Crippen MR) is 584 cm³/mol. The zero-order valence-corrected chi connectivity index (χ0v) is 85.0. The number of nitrogens with two attached hydrogens (primary N) is 1. The Kier molecular flexibility index (Phi) is 44.0. The molecular formula is C122H106Br4CuFIN5O4. The van der Waals surface area contributed by atoms with E-state index in [9.17, 15) is 19.2 Å². The molecule has 4 aromatic heterocycles. The van der Waals surface area contributed by atoms with E-state index in [0.29, 0.717) is 23.7 Å². The first-order chi connectivity index (χ1) is 66.1. The first kappa shape index (κ1) is 107. The number of carbonyl (C=O) groups excluding carboxylic acids is 4. The molecule has 4 heterocycles. The normalized spacial score (nSPS) is 12.0. The van der Waals surface area contributed by atoms with E-state index in [4.69, 9.17) is 15.7 Å². The maximum atomic E-state index is 11.8. The number of pyridine rings is 3. The number of hydrogen-bond donors (Lipinski definition) is 1. The summed E-state index contributed by atoms with van der Waals surface area (Å²) in [5.41, 5.74) is 32.2. The molecule has 16 heteroatoms. The van der Waals surface area contributed by atoms with Gasteiger partial charge < -0.3 is 27.3 Å². The van der Waals surface area contributed by atoms with Crippen LogP contribution in [0.4, 0.5) is 4.70 Å². The van der Waals surface area contributed by atoms with Gasteiger partial charge >= 0.3 is 33.1 Å². The topological polar surface area (TPSA) is 129 Å². The Morgan fingerprint density at radius 3 is 1.11 bits per heavy atom. The monoisotopic (exact) mass is 2230 g/mol. The fourth-order valence-corrected chi connectivity index (χ4v) is 16.4. The zero-order valence-electron chi connectivity index (χ0n) is 75.6. The van der Waals surface area contributed by atoms with Gasteiger partial charge in [-0.3, -0.25) is 23.9 Å². The third-order valence-electron chi connectivity index (χ3n) is 22.8. The molecule has 0 bridgehead atoms. The van der Waals surface area contributed by atoms with Crippen LogP contribution in [0.15, 0.2) is 481 Å². The summed E-state index contributed by atoms with van der Waals surface area (Å²) < 4.78 is 7.33. The smallest absolute Gasteiger partial charge is 0.0715 e. The van der Waals surface area contributed by atoms with Crippen LogP contribution >= 0.6 is 68.1 Å². The number of nitrogens with zero attached hydrogens (tertiary/aromatic N) is 4. The summed E-state index contributed by atoms with van der Waals surface area (Å²) in [6.45, 7) is 4.21. The summed E-state index contributed by atoms with van der Waals surface area (Å²) in [6.07, 6.45) is 14.5. The Morgan fingerprint density at radius 1 is 0.399 bits per heavy atom. The fraction of sp³-hybridized carbons (Fsp3) is 0.0902. The number of rotatable bonds is 15. The number of aromatic nitrogens is 4. The third kappa shape index (κ3) is 31.5. The van der Waals surface area contributed by atoms with Gasteiger partial charge in [-0.25, -0.2) is 9.97 Å². The van der Waals surface area contributed by atoms with Gasteiger partial charge in [0.15, 0.2) is 24.0 Å². The van der Waals surface area contributed by atoms with E-state index in [1.165, 1.54) is 86.4 Å². The van der Waals surface area contributed by atoms with Gasteiger partial charge in [0.25, 0.3) is 0 Å². The largest absolute Gasteiger partial charge is 0.309 e. The van der Waals surface area contributed by atoms with Gasteiger partial charge in [0.2, 0.25) is 12.3 Å². The van der Waals surface area contributed by atoms with Crippen molar-refractivity contribution in [1.82, 2.24) is 14.5 Å². The molecule has 0 radical (unpaired) electrons. The van der Waals surface area contributed by atoms with E-state index in [1.54, 1.807) is 45.5 Å². The van der Waals surface area contributed by atoms with E-state index in [0.717, 1.165) is 105 Å². The van der Waals surface area contributed by atoms with Crippen molar-refractivity contribution in [3.63, 3.8) is 0 Å². The minimum absolute atomic E-state index is 0. The van der Waals surface area contributed by atoms with Crippen LogP contribution in [0.25, 0.3) is 112 Å². The maximum Gasteiger partial charge on any atom is 0.0715 e. The summed E-state index contributed by atoms with van der Waals surface area (Å²) >= 11 is 16.0. The van der Waals surface area contributed by atoms with Crippen LogP contribution < -0.4 is 27.3 Å². The number of halogens is 6. The minimum atomic E-state index is 0. The second kappa shape index (κ2) is 56.7. The number of benzene rings is 15. The Hall–Kier alpha value is -13.0. The van der Waals surface area contributed by atoms with Crippen LogP contribution in [-0.2, 0) is 25.7 Å². The van der Waals surface area contributed by atoms with Crippen molar-refractivity contribution < 1.29 is 58.2 Å². The van der Waals surface area contributed by atoms with Gasteiger partial charge in [-0.2, -0.15) is 4.57 Å². The second-order valence-corrected chi connectivity index (χ2v) is 34.8. The summed E-state index contributed by atoms with van der Waals surface area (Å²) in [5.74, 6) is 1.06. The number of allylic oxidation sites excluding steroid dienone is 1. The fourth-order valence-electron chi connectivity index (χ4n) is 15.6. The molecule has 2 atom stereocenters. The summed E-state index contributed by atoms with van der Waals surface area (Å²) in [7, 11) is 0. The molecule has 2 N–H and O–H groups in total. The first-order valence-corrected chi connectivity index (χ1v) is 50.0. The van der Waals surface area contributed by atoms with Gasteiger partial charge in [-0.1, -0.05) is 433 Å². The van der Waals surface area contributed by atoms with Crippen molar-refractivity contribution in [2.24, 2.45) is 11.7 Å². The molecule has 1 fully saturated rings. The number of para-hydroxylation sites is 2. The molecular weight excluding hydrogens is 2130 g/mol. The van der Waals surface area contributed by atoms with Crippen LogP contribution in [0.2, 0.25) is 0 Å². The molecule has 21 rings (SSSR count). The molecule has 0 unspecified atom stereocenters. The number of ketones is 3.